The monoisotopic (exact) mass is 707 g/mol. The summed E-state index contributed by atoms with van der Waals surface area (Å²) >= 11 is 0. The van der Waals surface area contributed by atoms with E-state index in [9.17, 15) is 26.3 Å². The fourth-order valence-corrected chi connectivity index (χ4v) is 8.74. The second-order valence-corrected chi connectivity index (χ2v) is 14.2. The highest BCUT2D eigenvalue weighted by Gasteiger charge is 2.50. The number of benzene rings is 2. The maximum atomic E-state index is 17.0. The molecule has 5 saturated heterocycles. The molecule has 5 fully saturated rings. The van der Waals surface area contributed by atoms with Crippen molar-refractivity contribution in [3.05, 3.63) is 53.2 Å². The summed E-state index contributed by atoms with van der Waals surface area (Å²) in [6.07, 6.45) is -3.36. The molecule has 8 nitrogen and oxygen atoms in total. The Balaban J connectivity index is 1.33. The van der Waals surface area contributed by atoms with Crippen LogP contribution in [0.3, 0.4) is 0 Å². The molecule has 2 bridgehead atoms. The van der Waals surface area contributed by atoms with Crippen molar-refractivity contribution in [2.45, 2.75) is 62.5 Å². The van der Waals surface area contributed by atoms with Gasteiger partial charge in [-0.2, -0.15) is 37.0 Å². The normalized spacial score (nSPS) is 26.9. The first-order valence-electron chi connectivity index (χ1n) is 16.6. The number of nitrogens with one attached hydrogen (secondary N) is 2. The molecule has 2 aromatic carbocycles. The van der Waals surface area contributed by atoms with E-state index in [4.69, 9.17) is 4.74 Å². The van der Waals surface area contributed by atoms with Gasteiger partial charge in [0.2, 0.25) is 0 Å². The van der Waals surface area contributed by atoms with Crippen molar-refractivity contribution in [2.24, 2.45) is 5.92 Å². The Kier molecular flexibility index (Phi) is 7.78. The molecule has 0 spiro atoms. The minimum atomic E-state index is -4.99. The Bertz CT molecular complexity index is 2020. The first kappa shape index (κ1) is 33.1. The predicted octanol–water partition coefficient (Wildman–Crippen LogP) is 7.07. The van der Waals surface area contributed by atoms with Gasteiger partial charge in [0.15, 0.2) is 5.82 Å². The van der Waals surface area contributed by atoms with Crippen molar-refractivity contribution in [2.75, 3.05) is 44.2 Å². The van der Waals surface area contributed by atoms with Crippen molar-refractivity contribution in [3.8, 4) is 17.1 Å². The molecule has 2 aromatic heterocycles. The van der Waals surface area contributed by atoms with Crippen LogP contribution >= 0.6 is 0 Å². The van der Waals surface area contributed by atoms with Crippen LogP contribution in [-0.4, -0.2) is 81.6 Å². The van der Waals surface area contributed by atoms with Crippen LogP contribution < -0.4 is 15.0 Å². The van der Waals surface area contributed by atoms with E-state index in [1.54, 1.807) is 4.90 Å². The lowest BCUT2D eigenvalue weighted by atomic mass is 9.86. The second-order valence-electron chi connectivity index (χ2n) is 14.2. The summed E-state index contributed by atoms with van der Waals surface area (Å²) < 4.78 is 125. The number of ether oxygens (including phenoxy) is 1. The predicted molar refractivity (Wildman–Crippen MR) is 169 cm³/mol. The summed E-state index contributed by atoms with van der Waals surface area (Å²) in [4.78, 5) is 12.5. The minimum absolute atomic E-state index is 0.00805. The maximum Gasteiger partial charge on any atom is 0.417 e. The lowest BCUT2D eigenvalue weighted by molar-refractivity contribution is -0.137. The molecule has 16 heteroatoms. The Hall–Kier alpha value is -4.05. The molecule has 4 aromatic rings. The molecule has 5 aliphatic rings. The van der Waals surface area contributed by atoms with Gasteiger partial charge >= 0.3 is 12.2 Å². The quantitative estimate of drug-likeness (QED) is 0.208. The number of hydrogen-bond donors (Lipinski definition) is 2. The number of alkyl halides is 4. The fourth-order valence-electron chi connectivity index (χ4n) is 8.74. The summed E-state index contributed by atoms with van der Waals surface area (Å²) in [7, 11) is 0. The molecule has 4 atom stereocenters. The number of H-pyrrole nitrogens is 1. The number of rotatable bonds is 6. The average Bonchev–Trinajstić information content (AvgIpc) is 3.66. The third-order valence-corrected chi connectivity index (χ3v) is 10.9. The molecule has 2 N–H and O–H groups in total. The molecule has 0 amide bonds. The number of hydrogen-bond acceptors (Lipinski definition) is 7. The number of aromatic nitrogens is 4. The van der Waals surface area contributed by atoms with Crippen LogP contribution in [0.25, 0.3) is 32.9 Å². The number of nitrogens with zero attached hydrogens (tertiary/aromatic N) is 5. The van der Waals surface area contributed by atoms with Crippen LogP contribution in [-0.2, 0) is 6.18 Å². The SMILES string of the molecule is Cc1cc2[nH]ncc2c(-c2c(F)cc3c(N4C[C@H]5CC[C@](C=C(F)F)(C4)NC5)nc(OC[C@@]45CCCN4C[C@H](F)C5)nc3c2F)c1C(F)(F)F. The lowest BCUT2D eigenvalue weighted by Crippen LogP contribution is -2.52. The van der Waals surface area contributed by atoms with Gasteiger partial charge < -0.3 is 15.0 Å². The van der Waals surface area contributed by atoms with Crippen LogP contribution in [0.5, 0.6) is 6.01 Å². The smallest absolute Gasteiger partial charge is 0.417 e. The number of halogens is 8. The van der Waals surface area contributed by atoms with Gasteiger partial charge in [-0.05, 0) is 62.8 Å². The number of piperidine rings is 1. The van der Waals surface area contributed by atoms with Crippen LogP contribution in [0.2, 0.25) is 0 Å². The summed E-state index contributed by atoms with van der Waals surface area (Å²) in [5, 5.41) is 9.29. The number of anilines is 1. The number of aromatic amines is 1. The Morgan fingerprint density at radius 2 is 1.92 bits per heavy atom. The molecule has 0 unspecified atom stereocenters. The molecule has 5 aliphatic heterocycles. The Labute approximate surface area is 280 Å². The molecule has 266 valence electrons. The molecule has 0 aliphatic carbocycles. The highest BCUT2D eigenvalue weighted by molar-refractivity contribution is 6.01. The molecule has 50 heavy (non-hydrogen) atoms. The highest BCUT2D eigenvalue weighted by atomic mass is 19.4. The van der Waals surface area contributed by atoms with Gasteiger partial charge in [-0.3, -0.25) is 10.00 Å². The van der Waals surface area contributed by atoms with E-state index in [2.05, 4.69) is 25.5 Å². The summed E-state index contributed by atoms with van der Waals surface area (Å²) in [6.45, 7) is 2.74. The summed E-state index contributed by atoms with van der Waals surface area (Å²) in [6, 6.07) is 1.76. The van der Waals surface area contributed by atoms with E-state index < -0.39 is 63.3 Å². The van der Waals surface area contributed by atoms with Crippen LogP contribution in [0.15, 0.2) is 30.5 Å². The van der Waals surface area contributed by atoms with Crippen LogP contribution in [0.4, 0.5) is 40.9 Å². The van der Waals surface area contributed by atoms with Gasteiger partial charge in [-0.25, -0.2) is 13.2 Å². The molecule has 9 rings (SSSR count). The first-order valence-corrected chi connectivity index (χ1v) is 16.6. The molecule has 0 radical (unpaired) electrons. The van der Waals surface area contributed by atoms with E-state index in [1.165, 1.54) is 13.0 Å². The maximum absolute atomic E-state index is 17.0. The number of aryl methyl sites for hydroxylation is 1. The van der Waals surface area contributed by atoms with E-state index in [0.717, 1.165) is 24.8 Å². The zero-order valence-corrected chi connectivity index (χ0v) is 26.9. The van der Waals surface area contributed by atoms with Crippen LogP contribution in [0.1, 0.15) is 43.2 Å². The van der Waals surface area contributed by atoms with Crippen molar-refractivity contribution in [1.82, 2.24) is 30.4 Å². The summed E-state index contributed by atoms with van der Waals surface area (Å²) in [5.41, 5.74) is -5.36. The van der Waals surface area contributed by atoms with E-state index in [-0.39, 0.29) is 65.7 Å². The molecule has 0 saturated carbocycles. The third-order valence-electron chi connectivity index (χ3n) is 10.9. The Morgan fingerprint density at radius 1 is 1.10 bits per heavy atom. The van der Waals surface area contributed by atoms with Crippen molar-refractivity contribution in [3.63, 3.8) is 0 Å². The van der Waals surface area contributed by atoms with Gasteiger partial charge in [0.25, 0.3) is 6.08 Å². The standard InChI is InChI=1S/C34H33F8N7O/c1-17-7-23-21(12-44-47-23)25(27(17)34(40,41)42)26-22(36)8-20-29(28(26)39)45-31(50-16-33-4-2-6-49(33)14-19(35)9-33)46-30(20)48-13-18-3-5-32(15-48,43-11-18)10-24(37)38/h7-8,10,12,18-19,43H,2-6,9,11,13-16H2,1H3,(H,44,47)/t18-,19+,32-,33-/m0/s1. The Morgan fingerprint density at radius 3 is 2.66 bits per heavy atom. The van der Waals surface area contributed by atoms with E-state index in [0.29, 0.717) is 38.9 Å². The van der Waals surface area contributed by atoms with Gasteiger partial charge in [-0.15, -0.1) is 0 Å². The average molecular weight is 708 g/mol. The van der Waals surface area contributed by atoms with Crippen LogP contribution in [0, 0.1) is 24.5 Å². The van der Waals surface area contributed by atoms with Gasteiger partial charge in [-0.1, -0.05) is 0 Å². The summed E-state index contributed by atoms with van der Waals surface area (Å²) in [5.74, 6) is -2.70. The topological polar surface area (TPSA) is 82.2 Å². The van der Waals surface area contributed by atoms with Crippen molar-refractivity contribution >= 4 is 27.6 Å². The van der Waals surface area contributed by atoms with E-state index in [1.807, 2.05) is 4.90 Å². The van der Waals surface area contributed by atoms with Gasteiger partial charge in [0, 0.05) is 55.0 Å². The fraction of sp³-hybridized carbons (Fsp3) is 0.500. The first-order chi connectivity index (χ1) is 23.8. The third kappa shape index (κ3) is 5.45. The van der Waals surface area contributed by atoms with Gasteiger partial charge in [0.1, 0.15) is 29.9 Å². The highest BCUT2D eigenvalue weighted by Crippen LogP contribution is 2.47. The molecular formula is C34H33F8N7O. The van der Waals surface area contributed by atoms with Gasteiger partial charge in [0.05, 0.1) is 33.9 Å². The zero-order chi connectivity index (χ0) is 35.2. The lowest BCUT2D eigenvalue weighted by Gasteiger charge is -2.35. The molecular weight excluding hydrogens is 674 g/mol. The number of fused-ring (bicyclic) bond motifs is 7. The second kappa shape index (κ2) is 11.8. The zero-order valence-electron chi connectivity index (χ0n) is 26.9. The minimum Gasteiger partial charge on any atom is -0.461 e. The van der Waals surface area contributed by atoms with E-state index >= 15 is 8.78 Å². The van der Waals surface area contributed by atoms with Crippen molar-refractivity contribution < 1.29 is 39.9 Å². The largest absolute Gasteiger partial charge is 0.461 e. The van der Waals surface area contributed by atoms with Crippen molar-refractivity contribution in [1.29, 1.82) is 0 Å². The molecule has 7 heterocycles.